The number of hydrogen-bond acceptors (Lipinski definition) is 9. The van der Waals surface area contributed by atoms with Crippen molar-refractivity contribution < 1.29 is 19.6 Å². The maximum atomic E-state index is 11.6. The fourth-order valence-corrected chi connectivity index (χ4v) is 2.63. The lowest BCUT2D eigenvalue weighted by Crippen LogP contribution is -2.16. The summed E-state index contributed by atoms with van der Waals surface area (Å²) < 4.78 is 5.31. The quantitative estimate of drug-likeness (QED) is 0.273. The van der Waals surface area contributed by atoms with Gasteiger partial charge in [-0.05, 0) is 18.2 Å². The van der Waals surface area contributed by atoms with Gasteiger partial charge in [0.1, 0.15) is 23.3 Å². The van der Waals surface area contributed by atoms with Crippen LogP contribution < -0.4 is 15.4 Å². The van der Waals surface area contributed by atoms with Crippen LogP contribution in [0.2, 0.25) is 0 Å². The van der Waals surface area contributed by atoms with Crippen LogP contribution in [0.15, 0.2) is 48.8 Å². The van der Waals surface area contributed by atoms with E-state index >= 15 is 0 Å². The zero-order chi connectivity index (χ0) is 21.5. The number of para-hydroxylation sites is 1. The lowest BCUT2D eigenvalue weighted by molar-refractivity contribution is -0.385. The third-order valence-corrected chi connectivity index (χ3v) is 4.05. The SMILES string of the molecule is COc1ccccc1-c1nc(NCCNc2ccc([N+](=O)[O-])cn2)ncc1C(=O)O. The number of hydrogen-bond donors (Lipinski definition) is 3. The molecule has 0 amide bonds. The Morgan fingerprint density at radius 1 is 1.13 bits per heavy atom. The molecule has 0 saturated carbocycles. The van der Waals surface area contributed by atoms with Gasteiger partial charge in [0.2, 0.25) is 5.95 Å². The molecule has 0 spiro atoms. The van der Waals surface area contributed by atoms with Crippen molar-refractivity contribution in [3.8, 4) is 17.0 Å². The van der Waals surface area contributed by atoms with Crippen molar-refractivity contribution in [3.05, 3.63) is 64.5 Å². The Morgan fingerprint density at radius 3 is 2.57 bits per heavy atom. The number of aromatic nitrogens is 3. The maximum Gasteiger partial charge on any atom is 0.339 e. The average Bonchev–Trinajstić information content (AvgIpc) is 2.76. The van der Waals surface area contributed by atoms with Crippen LogP contribution in [0.4, 0.5) is 17.5 Å². The van der Waals surface area contributed by atoms with Crippen molar-refractivity contribution in [2.75, 3.05) is 30.8 Å². The number of pyridine rings is 1. The molecule has 0 saturated heterocycles. The number of methoxy groups -OCH3 is 1. The molecule has 2 heterocycles. The van der Waals surface area contributed by atoms with Gasteiger partial charge in [-0.3, -0.25) is 10.1 Å². The first-order valence-corrected chi connectivity index (χ1v) is 8.81. The largest absolute Gasteiger partial charge is 0.496 e. The summed E-state index contributed by atoms with van der Waals surface area (Å²) in [7, 11) is 1.50. The minimum Gasteiger partial charge on any atom is -0.496 e. The summed E-state index contributed by atoms with van der Waals surface area (Å²) in [6.45, 7) is 0.829. The van der Waals surface area contributed by atoms with E-state index in [1.54, 1.807) is 24.3 Å². The molecule has 0 bridgehead atoms. The first-order valence-electron chi connectivity index (χ1n) is 8.81. The second-order valence-electron chi connectivity index (χ2n) is 5.97. The highest BCUT2D eigenvalue weighted by Gasteiger charge is 2.18. The van der Waals surface area contributed by atoms with E-state index in [0.29, 0.717) is 30.2 Å². The van der Waals surface area contributed by atoms with Crippen molar-refractivity contribution in [2.45, 2.75) is 0 Å². The zero-order valence-electron chi connectivity index (χ0n) is 15.9. The van der Waals surface area contributed by atoms with Crippen molar-refractivity contribution in [1.29, 1.82) is 0 Å². The van der Waals surface area contributed by atoms with Gasteiger partial charge in [-0.2, -0.15) is 0 Å². The lowest BCUT2D eigenvalue weighted by atomic mass is 10.1. The molecule has 0 aliphatic heterocycles. The van der Waals surface area contributed by atoms with Gasteiger partial charge in [0.15, 0.2) is 0 Å². The standard InChI is InChI=1S/C19H18N6O5/c1-30-15-5-3-2-4-13(15)17-14(18(26)27)11-23-19(24-17)21-9-8-20-16-7-6-12(10-22-16)25(28)29/h2-7,10-11H,8-9H2,1H3,(H,20,22)(H,26,27)(H,21,23,24). The van der Waals surface area contributed by atoms with Crippen molar-refractivity contribution in [3.63, 3.8) is 0 Å². The summed E-state index contributed by atoms with van der Waals surface area (Å²) in [6, 6.07) is 9.85. The molecule has 3 rings (SSSR count). The number of carbonyl (C=O) groups is 1. The monoisotopic (exact) mass is 410 g/mol. The van der Waals surface area contributed by atoms with Gasteiger partial charge in [-0.1, -0.05) is 12.1 Å². The third-order valence-electron chi connectivity index (χ3n) is 4.05. The van der Waals surface area contributed by atoms with Gasteiger partial charge >= 0.3 is 5.97 Å². The third kappa shape index (κ3) is 4.76. The number of nitrogens with one attached hydrogen (secondary N) is 2. The van der Waals surface area contributed by atoms with Gasteiger partial charge in [0.25, 0.3) is 5.69 Å². The molecule has 1 aromatic carbocycles. The van der Waals surface area contributed by atoms with Gasteiger partial charge in [-0.15, -0.1) is 0 Å². The van der Waals surface area contributed by atoms with E-state index in [2.05, 4.69) is 25.6 Å². The minimum absolute atomic E-state index is 0.0433. The fourth-order valence-electron chi connectivity index (χ4n) is 2.63. The number of nitro groups is 1. The lowest BCUT2D eigenvalue weighted by Gasteiger charge is -2.12. The van der Waals surface area contributed by atoms with Crippen LogP contribution in [0.1, 0.15) is 10.4 Å². The Morgan fingerprint density at radius 2 is 1.90 bits per heavy atom. The van der Waals surface area contributed by atoms with Crippen molar-refractivity contribution in [1.82, 2.24) is 15.0 Å². The summed E-state index contributed by atoms with van der Waals surface area (Å²) >= 11 is 0. The number of anilines is 2. The van der Waals surface area contributed by atoms with Gasteiger partial charge in [0.05, 0.1) is 17.7 Å². The van der Waals surface area contributed by atoms with Gasteiger partial charge in [0, 0.05) is 30.9 Å². The predicted octanol–water partition coefficient (Wildman–Crippen LogP) is 2.68. The van der Waals surface area contributed by atoms with Crippen LogP contribution in [0, 0.1) is 10.1 Å². The number of rotatable bonds is 9. The fraction of sp³-hybridized carbons (Fsp3) is 0.158. The molecular formula is C19H18N6O5. The van der Waals surface area contributed by atoms with Crippen molar-refractivity contribution in [2.24, 2.45) is 0 Å². The van der Waals surface area contributed by atoms with Crippen LogP contribution in [0.5, 0.6) is 5.75 Å². The first-order chi connectivity index (χ1) is 14.5. The van der Waals surface area contributed by atoms with Gasteiger partial charge in [-0.25, -0.2) is 19.7 Å². The number of benzene rings is 1. The number of carboxylic acids is 1. The molecule has 2 aromatic heterocycles. The number of aromatic carboxylic acids is 1. The van der Waals surface area contributed by atoms with Crippen LogP contribution in [-0.4, -0.2) is 51.2 Å². The van der Waals surface area contributed by atoms with E-state index in [1.807, 2.05) is 0 Å². The summed E-state index contributed by atoms with van der Waals surface area (Å²) in [6.07, 6.45) is 2.41. The average molecular weight is 410 g/mol. The second kappa shape index (κ2) is 9.28. The molecule has 0 radical (unpaired) electrons. The Hall–Kier alpha value is -4.28. The van der Waals surface area contributed by atoms with E-state index in [-0.39, 0.29) is 22.9 Å². The zero-order valence-corrected chi connectivity index (χ0v) is 15.9. The Kier molecular flexibility index (Phi) is 6.33. The molecule has 0 aliphatic rings. The maximum absolute atomic E-state index is 11.6. The van der Waals surface area contributed by atoms with E-state index in [9.17, 15) is 20.0 Å². The summed E-state index contributed by atoms with van der Waals surface area (Å²) in [5, 5.41) is 26.1. The molecule has 11 nitrogen and oxygen atoms in total. The van der Waals surface area contributed by atoms with Crippen LogP contribution in [0.25, 0.3) is 11.3 Å². The van der Waals surface area contributed by atoms with E-state index in [1.165, 1.54) is 31.6 Å². The topological polar surface area (TPSA) is 152 Å². The summed E-state index contributed by atoms with van der Waals surface area (Å²) in [5.41, 5.74) is 0.645. The molecule has 0 unspecified atom stereocenters. The van der Waals surface area contributed by atoms with Gasteiger partial charge < -0.3 is 20.5 Å². The van der Waals surface area contributed by atoms with Crippen LogP contribution in [-0.2, 0) is 0 Å². The number of nitrogens with zero attached hydrogens (tertiary/aromatic N) is 4. The molecule has 0 fully saturated rings. The Labute approximate surface area is 170 Å². The summed E-state index contributed by atoms with van der Waals surface area (Å²) in [4.78, 5) is 34.1. The van der Waals surface area contributed by atoms with Crippen molar-refractivity contribution >= 4 is 23.4 Å². The van der Waals surface area contributed by atoms with Crippen LogP contribution >= 0.6 is 0 Å². The summed E-state index contributed by atoms with van der Waals surface area (Å²) in [5.74, 6) is 0.0857. The molecule has 3 N–H and O–H groups in total. The van der Waals surface area contributed by atoms with Crippen LogP contribution in [0.3, 0.4) is 0 Å². The normalized spacial score (nSPS) is 10.3. The molecule has 154 valence electrons. The highest BCUT2D eigenvalue weighted by molar-refractivity contribution is 5.95. The molecule has 0 atom stereocenters. The Bertz CT molecular complexity index is 1060. The van der Waals surface area contributed by atoms with E-state index in [0.717, 1.165) is 0 Å². The highest BCUT2D eigenvalue weighted by atomic mass is 16.6. The molecule has 0 aliphatic carbocycles. The Balaban J connectivity index is 1.69. The molecular weight excluding hydrogens is 392 g/mol. The predicted molar refractivity (Wildman–Crippen MR) is 109 cm³/mol. The second-order valence-corrected chi connectivity index (χ2v) is 5.97. The number of ether oxygens (including phenoxy) is 1. The first kappa shape index (κ1) is 20.5. The van der Waals surface area contributed by atoms with E-state index in [4.69, 9.17) is 4.74 Å². The van der Waals surface area contributed by atoms with E-state index < -0.39 is 10.9 Å². The number of carboxylic acid groups (broad SMARTS) is 1. The molecule has 30 heavy (non-hydrogen) atoms. The molecule has 11 heteroatoms. The highest BCUT2D eigenvalue weighted by Crippen LogP contribution is 2.31. The smallest absolute Gasteiger partial charge is 0.339 e. The molecule has 3 aromatic rings. The minimum atomic E-state index is -1.15.